The third-order valence-corrected chi connectivity index (χ3v) is 5.61. The van der Waals surface area contributed by atoms with Gasteiger partial charge in [0.1, 0.15) is 5.75 Å². The number of benzene rings is 2. The van der Waals surface area contributed by atoms with E-state index in [9.17, 15) is 4.79 Å². The van der Waals surface area contributed by atoms with E-state index in [0.29, 0.717) is 39.9 Å². The summed E-state index contributed by atoms with van der Waals surface area (Å²) in [5, 5.41) is 12.7. The van der Waals surface area contributed by atoms with E-state index in [1.165, 1.54) is 11.8 Å². The van der Waals surface area contributed by atoms with Gasteiger partial charge in [0, 0.05) is 12.1 Å². The molecule has 1 aromatic heterocycles. The Bertz CT molecular complexity index is 1020. The zero-order valence-corrected chi connectivity index (χ0v) is 18.6. The van der Waals surface area contributed by atoms with Gasteiger partial charge in [0.05, 0.1) is 28.1 Å². The standard InChI is InChI=1S/C21H20Cl2N4O2S/c1-3-12-27-20(14-8-10-15(11-9-14)29-4-2)25-26-21(27)30-13-18(28)24-19-16(22)6-5-7-17(19)23/h3,5-11H,1,4,12-13H2,2H3,(H,24,28). The number of para-hydroxylation sites is 1. The molecule has 0 fully saturated rings. The number of nitrogens with zero attached hydrogens (tertiary/aromatic N) is 3. The molecule has 30 heavy (non-hydrogen) atoms. The smallest absolute Gasteiger partial charge is 0.234 e. The van der Waals surface area contributed by atoms with Crippen molar-refractivity contribution in [1.82, 2.24) is 14.8 Å². The minimum atomic E-state index is -0.245. The van der Waals surface area contributed by atoms with Gasteiger partial charge < -0.3 is 10.1 Å². The fraction of sp³-hybridized carbons (Fsp3) is 0.190. The number of halogens is 2. The topological polar surface area (TPSA) is 69.0 Å². The normalized spacial score (nSPS) is 10.6. The summed E-state index contributed by atoms with van der Waals surface area (Å²) in [6.45, 7) is 6.86. The van der Waals surface area contributed by atoms with Crippen LogP contribution in [0.3, 0.4) is 0 Å². The van der Waals surface area contributed by atoms with Crippen LogP contribution < -0.4 is 10.1 Å². The summed E-state index contributed by atoms with van der Waals surface area (Å²) < 4.78 is 7.39. The van der Waals surface area contributed by atoms with E-state index in [4.69, 9.17) is 27.9 Å². The van der Waals surface area contributed by atoms with E-state index in [0.717, 1.165) is 11.3 Å². The molecule has 0 bridgehead atoms. The molecule has 3 aromatic rings. The van der Waals surface area contributed by atoms with Crippen molar-refractivity contribution in [3.05, 3.63) is 65.2 Å². The SMILES string of the molecule is C=CCn1c(SCC(=O)Nc2c(Cl)cccc2Cl)nnc1-c1ccc(OCC)cc1. The van der Waals surface area contributed by atoms with Crippen molar-refractivity contribution in [2.45, 2.75) is 18.6 Å². The lowest BCUT2D eigenvalue weighted by atomic mass is 10.2. The highest BCUT2D eigenvalue weighted by Gasteiger charge is 2.16. The molecule has 3 rings (SSSR count). The first-order valence-electron chi connectivity index (χ1n) is 9.17. The fourth-order valence-corrected chi connectivity index (χ4v) is 3.93. The molecule has 156 valence electrons. The second-order valence-electron chi connectivity index (χ2n) is 6.10. The lowest BCUT2D eigenvalue weighted by molar-refractivity contribution is -0.113. The second-order valence-corrected chi connectivity index (χ2v) is 7.85. The first kappa shape index (κ1) is 22.2. The number of aromatic nitrogens is 3. The molecule has 0 unspecified atom stereocenters. The van der Waals surface area contributed by atoms with Gasteiger partial charge in [-0.3, -0.25) is 9.36 Å². The second kappa shape index (κ2) is 10.5. The summed E-state index contributed by atoms with van der Waals surface area (Å²) in [5.74, 6) is 1.36. The van der Waals surface area contributed by atoms with Crippen LogP contribution in [0, 0.1) is 0 Å². The maximum absolute atomic E-state index is 12.4. The number of carbonyl (C=O) groups excluding carboxylic acids is 1. The lowest BCUT2D eigenvalue weighted by Gasteiger charge is -2.10. The van der Waals surface area contributed by atoms with Crippen molar-refractivity contribution in [2.24, 2.45) is 0 Å². The van der Waals surface area contributed by atoms with E-state index in [2.05, 4.69) is 22.1 Å². The largest absolute Gasteiger partial charge is 0.494 e. The summed E-state index contributed by atoms with van der Waals surface area (Å²) in [4.78, 5) is 12.4. The van der Waals surface area contributed by atoms with Crippen molar-refractivity contribution >= 4 is 46.6 Å². The van der Waals surface area contributed by atoms with Crippen molar-refractivity contribution in [3.63, 3.8) is 0 Å². The Morgan fingerprint density at radius 2 is 1.90 bits per heavy atom. The van der Waals surface area contributed by atoms with Crippen molar-refractivity contribution in [2.75, 3.05) is 17.7 Å². The number of rotatable bonds is 9. The van der Waals surface area contributed by atoms with Gasteiger partial charge in [0.25, 0.3) is 0 Å². The van der Waals surface area contributed by atoms with Crippen LogP contribution in [0.4, 0.5) is 5.69 Å². The molecule has 0 aliphatic rings. The Labute approximate surface area is 189 Å². The molecular weight excluding hydrogens is 443 g/mol. The zero-order chi connectivity index (χ0) is 21.5. The third kappa shape index (κ3) is 5.36. The quantitative estimate of drug-likeness (QED) is 0.332. The highest BCUT2D eigenvalue weighted by molar-refractivity contribution is 7.99. The number of hydrogen-bond donors (Lipinski definition) is 1. The van der Waals surface area contributed by atoms with Crippen molar-refractivity contribution < 1.29 is 9.53 Å². The van der Waals surface area contributed by atoms with Crippen LogP contribution >= 0.6 is 35.0 Å². The van der Waals surface area contributed by atoms with Gasteiger partial charge >= 0.3 is 0 Å². The maximum Gasteiger partial charge on any atom is 0.234 e. The van der Waals surface area contributed by atoms with E-state index in [1.54, 1.807) is 24.3 Å². The van der Waals surface area contributed by atoms with Gasteiger partial charge in [0.15, 0.2) is 11.0 Å². The third-order valence-electron chi connectivity index (χ3n) is 4.01. The zero-order valence-electron chi connectivity index (χ0n) is 16.3. The summed E-state index contributed by atoms with van der Waals surface area (Å²) in [6.07, 6.45) is 1.76. The molecule has 2 aromatic carbocycles. The molecule has 0 saturated carbocycles. The van der Waals surface area contributed by atoms with Crippen molar-refractivity contribution in [3.8, 4) is 17.1 Å². The van der Waals surface area contributed by atoms with Gasteiger partial charge in [0.2, 0.25) is 5.91 Å². The Hall–Kier alpha value is -2.48. The predicted molar refractivity (Wildman–Crippen MR) is 123 cm³/mol. The molecule has 0 atom stereocenters. The molecule has 0 aliphatic carbocycles. The molecular formula is C21H20Cl2N4O2S. The van der Waals surface area contributed by atoms with Gasteiger partial charge in [-0.15, -0.1) is 16.8 Å². The van der Waals surface area contributed by atoms with Crippen LogP contribution in [-0.2, 0) is 11.3 Å². The van der Waals surface area contributed by atoms with Crippen LogP contribution in [0.1, 0.15) is 6.92 Å². The number of anilines is 1. The summed E-state index contributed by atoms with van der Waals surface area (Å²) in [7, 11) is 0. The number of nitrogens with one attached hydrogen (secondary N) is 1. The lowest BCUT2D eigenvalue weighted by Crippen LogP contribution is -2.15. The molecule has 9 heteroatoms. The Morgan fingerprint density at radius 1 is 1.20 bits per heavy atom. The Kier molecular flexibility index (Phi) is 7.79. The number of ether oxygens (including phenoxy) is 1. The Morgan fingerprint density at radius 3 is 2.53 bits per heavy atom. The van der Waals surface area contributed by atoms with E-state index in [1.807, 2.05) is 35.8 Å². The van der Waals surface area contributed by atoms with E-state index < -0.39 is 0 Å². The van der Waals surface area contributed by atoms with Crippen LogP contribution in [0.5, 0.6) is 5.75 Å². The number of amides is 1. The average molecular weight is 463 g/mol. The average Bonchev–Trinajstić information content (AvgIpc) is 3.13. The van der Waals surface area contributed by atoms with Gasteiger partial charge in [-0.05, 0) is 43.3 Å². The molecule has 1 amide bonds. The molecule has 1 N–H and O–H groups in total. The molecule has 0 aliphatic heterocycles. The van der Waals surface area contributed by atoms with E-state index >= 15 is 0 Å². The summed E-state index contributed by atoms with van der Waals surface area (Å²) in [5.41, 5.74) is 1.29. The first-order valence-corrected chi connectivity index (χ1v) is 10.9. The molecule has 1 heterocycles. The number of thioether (sulfide) groups is 1. The van der Waals surface area contributed by atoms with Gasteiger partial charge in [-0.1, -0.05) is 47.1 Å². The monoisotopic (exact) mass is 462 g/mol. The van der Waals surface area contributed by atoms with Gasteiger partial charge in [-0.2, -0.15) is 0 Å². The van der Waals surface area contributed by atoms with Crippen LogP contribution in [-0.4, -0.2) is 33.0 Å². The van der Waals surface area contributed by atoms with Crippen molar-refractivity contribution in [1.29, 1.82) is 0 Å². The highest BCUT2D eigenvalue weighted by atomic mass is 35.5. The number of allylic oxidation sites excluding steroid dienone is 1. The molecule has 0 saturated heterocycles. The Balaban J connectivity index is 1.73. The van der Waals surface area contributed by atoms with Gasteiger partial charge in [-0.25, -0.2) is 0 Å². The maximum atomic E-state index is 12.4. The minimum absolute atomic E-state index is 0.125. The molecule has 0 radical (unpaired) electrons. The highest BCUT2D eigenvalue weighted by Crippen LogP contribution is 2.30. The predicted octanol–water partition coefficient (Wildman–Crippen LogP) is 5.57. The molecule has 0 spiro atoms. The minimum Gasteiger partial charge on any atom is -0.494 e. The number of hydrogen-bond acceptors (Lipinski definition) is 5. The van der Waals surface area contributed by atoms with Crippen LogP contribution in [0.2, 0.25) is 10.0 Å². The summed E-state index contributed by atoms with van der Waals surface area (Å²) in [6, 6.07) is 12.7. The summed E-state index contributed by atoms with van der Waals surface area (Å²) >= 11 is 13.5. The van der Waals surface area contributed by atoms with Crippen LogP contribution in [0.15, 0.2) is 60.3 Å². The molecule has 6 nitrogen and oxygen atoms in total. The number of carbonyl (C=O) groups is 1. The fourth-order valence-electron chi connectivity index (χ4n) is 2.69. The first-order chi connectivity index (χ1) is 14.5. The van der Waals surface area contributed by atoms with Crippen LogP contribution in [0.25, 0.3) is 11.4 Å². The van der Waals surface area contributed by atoms with E-state index in [-0.39, 0.29) is 11.7 Å².